The summed E-state index contributed by atoms with van der Waals surface area (Å²) in [6.45, 7) is 0.725. The molecule has 4 rings (SSSR count). The normalized spacial score (nSPS) is 16.3. The Labute approximate surface area is 169 Å². The van der Waals surface area contributed by atoms with Crippen LogP contribution in [0.1, 0.15) is 15.9 Å². The monoisotopic (exact) mass is 392 g/mol. The third-order valence-corrected chi connectivity index (χ3v) is 5.23. The van der Waals surface area contributed by atoms with E-state index in [4.69, 9.17) is 17.3 Å². The van der Waals surface area contributed by atoms with Crippen LogP contribution in [-0.4, -0.2) is 30.5 Å². The summed E-state index contributed by atoms with van der Waals surface area (Å²) < 4.78 is 0. The number of nitrogen functional groups attached to an aromatic ring is 1. The first-order valence-electron chi connectivity index (χ1n) is 9.12. The number of rotatable bonds is 3. The van der Waals surface area contributed by atoms with Crippen molar-refractivity contribution in [2.45, 2.75) is 12.5 Å². The van der Waals surface area contributed by atoms with Crippen molar-refractivity contribution < 1.29 is 4.79 Å². The molecule has 0 bridgehead atoms. The highest BCUT2D eigenvalue weighted by Crippen LogP contribution is 2.27. The maximum atomic E-state index is 12.7. The van der Waals surface area contributed by atoms with Gasteiger partial charge in [0.25, 0.3) is 5.91 Å². The first-order chi connectivity index (χ1) is 13.5. The minimum atomic E-state index is -0.0873. The van der Waals surface area contributed by atoms with Gasteiger partial charge < -0.3 is 16.0 Å². The van der Waals surface area contributed by atoms with Gasteiger partial charge in [0.15, 0.2) is 0 Å². The van der Waals surface area contributed by atoms with Crippen LogP contribution in [0.15, 0.2) is 60.8 Å². The summed E-state index contributed by atoms with van der Waals surface area (Å²) in [4.78, 5) is 18.8. The number of anilines is 2. The Hall–Kier alpha value is -3.05. The lowest BCUT2D eigenvalue weighted by molar-refractivity contribution is 0.0942. The molecule has 0 saturated heterocycles. The number of fused-ring (bicyclic) bond motifs is 1. The standard InChI is InChI=1S/C22H21ClN4O/c1-27-13-18(26-22(28)19-12-17(23)6-7-20(19)27)10-14-2-4-15(5-3-14)16-8-9-25-21(24)11-16/h2-9,11-12,18H,10,13H2,1H3,(H2,24,25)(H,26,28). The quantitative estimate of drug-likeness (QED) is 0.711. The van der Waals surface area contributed by atoms with Crippen LogP contribution in [0.2, 0.25) is 5.02 Å². The van der Waals surface area contributed by atoms with Crippen molar-refractivity contribution in [3.05, 3.63) is 76.9 Å². The molecule has 3 N–H and O–H groups in total. The van der Waals surface area contributed by atoms with E-state index in [0.717, 1.165) is 35.3 Å². The molecule has 0 fully saturated rings. The molecule has 0 saturated carbocycles. The molecule has 1 unspecified atom stereocenters. The van der Waals surface area contributed by atoms with E-state index in [1.807, 2.05) is 31.3 Å². The molecule has 142 valence electrons. The van der Waals surface area contributed by atoms with E-state index in [1.54, 1.807) is 12.3 Å². The Kier molecular flexibility index (Phi) is 4.92. The fourth-order valence-corrected chi connectivity index (χ4v) is 3.79. The summed E-state index contributed by atoms with van der Waals surface area (Å²) >= 11 is 6.07. The summed E-state index contributed by atoms with van der Waals surface area (Å²) in [7, 11) is 2.00. The van der Waals surface area contributed by atoms with Gasteiger partial charge in [0.05, 0.1) is 11.6 Å². The van der Waals surface area contributed by atoms with E-state index >= 15 is 0 Å². The van der Waals surface area contributed by atoms with Crippen molar-refractivity contribution >= 4 is 29.0 Å². The van der Waals surface area contributed by atoms with Gasteiger partial charge in [0.1, 0.15) is 5.82 Å². The number of pyridine rings is 1. The molecule has 28 heavy (non-hydrogen) atoms. The number of amides is 1. The van der Waals surface area contributed by atoms with Crippen molar-refractivity contribution in [1.82, 2.24) is 10.3 Å². The zero-order valence-electron chi connectivity index (χ0n) is 15.5. The van der Waals surface area contributed by atoms with E-state index in [9.17, 15) is 4.79 Å². The highest BCUT2D eigenvalue weighted by Gasteiger charge is 2.25. The number of aromatic nitrogens is 1. The largest absolute Gasteiger partial charge is 0.384 e. The number of hydrogen-bond acceptors (Lipinski definition) is 4. The lowest BCUT2D eigenvalue weighted by Gasteiger charge is -2.23. The van der Waals surface area contributed by atoms with E-state index in [2.05, 4.69) is 39.5 Å². The Morgan fingerprint density at radius 2 is 1.93 bits per heavy atom. The summed E-state index contributed by atoms with van der Waals surface area (Å²) in [5.74, 6) is 0.418. The maximum absolute atomic E-state index is 12.7. The van der Waals surface area contributed by atoms with Gasteiger partial charge in [-0.25, -0.2) is 4.98 Å². The van der Waals surface area contributed by atoms with Crippen molar-refractivity contribution in [3.8, 4) is 11.1 Å². The second-order valence-electron chi connectivity index (χ2n) is 7.08. The molecule has 1 aromatic heterocycles. The first kappa shape index (κ1) is 18.3. The minimum Gasteiger partial charge on any atom is -0.384 e. The summed E-state index contributed by atoms with van der Waals surface area (Å²) in [6.07, 6.45) is 2.45. The number of benzene rings is 2. The maximum Gasteiger partial charge on any atom is 0.253 e. The molecular formula is C22H21ClN4O. The number of hydrogen-bond donors (Lipinski definition) is 2. The van der Waals surface area contributed by atoms with Crippen molar-refractivity contribution in [2.24, 2.45) is 0 Å². The lowest BCUT2D eigenvalue weighted by Crippen LogP contribution is -2.41. The van der Waals surface area contributed by atoms with E-state index in [0.29, 0.717) is 16.4 Å². The van der Waals surface area contributed by atoms with Gasteiger partial charge in [0, 0.05) is 30.5 Å². The number of halogens is 1. The number of carbonyl (C=O) groups is 1. The van der Waals surface area contributed by atoms with Gasteiger partial charge in [-0.2, -0.15) is 0 Å². The van der Waals surface area contributed by atoms with E-state index in [1.165, 1.54) is 0 Å². The average Bonchev–Trinajstić information content (AvgIpc) is 2.78. The third-order valence-electron chi connectivity index (χ3n) is 4.99. The van der Waals surface area contributed by atoms with Crippen LogP contribution in [-0.2, 0) is 6.42 Å². The average molecular weight is 393 g/mol. The molecular weight excluding hydrogens is 372 g/mol. The zero-order chi connectivity index (χ0) is 19.7. The number of nitrogens with one attached hydrogen (secondary N) is 1. The fraction of sp³-hybridized carbons (Fsp3) is 0.182. The molecule has 1 aliphatic rings. The van der Waals surface area contributed by atoms with Crippen LogP contribution >= 0.6 is 11.6 Å². The zero-order valence-corrected chi connectivity index (χ0v) is 16.3. The topological polar surface area (TPSA) is 71.2 Å². The third kappa shape index (κ3) is 3.80. The van der Waals surface area contributed by atoms with E-state index in [-0.39, 0.29) is 11.9 Å². The predicted octanol–water partition coefficient (Wildman–Crippen LogP) is 3.78. The number of likely N-dealkylation sites (N-methyl/N-ethyl adjacent to an activating group) is 1. The molecule has 1 aliphatic heterocycles. The van der Waals surface area contributed by atoms with Crippen LogP contribution in [0, 0.1) is 0 Å². The van der Waals surface area contributed by atoms with Crippen LogP contribution in [0.5, 0.6) is 0 Å². The molecule has 0 radical (unpaired) electrons. The molecule has 1 atom stereocenters. The SMILES string of the molecule is CN1CC(Cc2ccc(-c3ccnc(N)c3)cc2)NC(=O)c2cc(Cl)ccc21. The predicted molar refractivity (Wildman–Crippen MR) is 114 cm³/mol. The van der Waals surface area contributed by atoms with Crippen molar-refractivity contribution in [2.75, 3.05) is 24.2 Å². The molecule has 0 aliphatic carbocycles. The first-order valence-corrected chi connectivity index (χ1v) is 9.50. The second-order valence-corrected chi connectivity index (χ2v) is 7.52. The number of nitrogens with two attached hydrogens (primary N) is 1. The molecule has 5 nitrogen and oxygen atoms in total. The number of nitrogens with zero attached hydrogens (tertiary/aromatic N) is 2. The van der Waals surface area contributed by atoms with Crippen molar-refractivity contribution in [3.63, 3.8) is 0 Å². The Bertz CT molecular complexity index is 1020. The Balaban J connectivity index is 1.51. The molecule has 6 heteroatoms. The van der Waals surface area contributed by atoms with Gasteiger partial charge in [-0.15, -0.1) is 0 Å². The fourth-order valence-electron chi connectivity index (χ4n) is 3.62. The molecule has 3 aromatic rings. The molecule has 2 aromatic carbocycles. The smallest absolute Gasteiger partial charge is 0.253 e. The van der Waals surface area contributed by atoms with Gasteiger partial charge in [0.2, 0.25) is 0 Å². The van der Waals surface area contributed by atoms with Crippen molar-refractivity contribution in [1.29, 1.82) is 0 Å². The molecule has 2 heterocycles. The van der Waals surface area contributed by atoms with E-state index < -0.39 is 0 Å². The van der Waals surface area contributed by atoms with Gasteiger partial charge >= 0.3 is 0 Å². The summed E-state index contributed by atoms with van der Waals surface area (Å²) in [5, 5.41) is 3.69. The van der Waals surface area contributed by atoms with Gasteiger partial charge in [-0.05, 0) is 53.4 Å². The molecule has 1 amide bonds. The van der Waals surface area contributed by atoms with Crippen LogP contribution in [0.4, 0.5) is 11.5 Å². The highest BCUT2D eigenvalue weighted by atomic mass is 35.5. The Morgan fingerprint density at radius 1 is 1.14 bits per heavy atom. The van der Waals surface area contributed by atoms with Crippen LogP contribution < -0.4 is 16.0 Å². The minimum absolute atomic E-state index is 0.00564. The van der Waals surface area contributed by atoms with Gasteiger partial charge in [-0.1, -0.05) is 35.9 Å². The number of carbonyl (C=O) groups excluding carboxylic acids is 1. The van der Waals surface area contributed by atoms with Crippen LogP contribution in [0.3, 0.4) is 0 Å². The second kappa shape index (κ2) is 7.52. The summed E-state index contributed by atoms with van der Waals surface area (Å²) in [6, 6.07) is 17.6. The van der Waals surface area contributed by atoms with Gasteiger partial charge in [-0.3, -0.25) is 4.79 Å². The highest BCUT2D eigenvalue weighted by molar-refractivity contribution is 6.31. The molecule has 0 spiro atoms. The lowest BCUT2D eigenvalue weighted by atomic mass is 10.0. The van der Waals surface area contributed by atoms with Crippen LogP contribution in [0.25, 0.3) is 11.1 Å². The summed E-state index contributed by atoms with van der Waals surface area (Å²) in [5.41, 5.74) is 10.6. The Morgan fingerprint density at radius 3 is 2.68 bits per heavy atom.